The molecule has 8 rings (SSSR count). The van der Waals surface area contributed by atoms with E-state index in [0.29, 0.717) is 0 Å². The Balaban J connectivity index is 0.000000789. The van der Waals surface area contributed by atoms with Crippen molar-refractivity contribution in [1.29, 1.82) is 0 Å². The van der Waals surface area contributed by atoms with Crippen molar-refractivity contribution >= 4 is 70.8 Å². The Morgan fingerprint density at radius 2 is 0.967 bits per heavy atom. The maximum absolute atomic E-state index is 6.45. The second kappa shape index (κ2) is 5.43. The van der Waals surface area contributed by atoms with Gasteiger partial charge in [-0.1, -0.05) is 80.6 Å². The van der Waals surface area contributed by atoms with Crippen LogP contribution in [0, 0.1) is 0 Å². The third kappa shape index (κ3) is 1.68. The first kappa shape index (κ1) is 16.1. The van der Waals surface area contributed by atoms with Crippen molar-refractivity contribution in [2.45, 2.75) is 13.8 Å². The first-order valence-corrected chi connectivity index (χ1v) is 10.6. The largest absolute Gasteiger partial charge is 0.453 e. The Morgan fingerprint density at radius 1 is 0.500 bits per heavy atom. The van der Waals surface area contributed by atoms with Crippen LogP contribution in [0.1, 0.15) is 13.8 Å². The molecule has 0 aliphatic heterocycles. The highest BCUT2D eigenvalue weighted by molar-refractivity contribution is 6.32. The van der Waals surface area contributed by atoms with Crippen LogP contribution in [-0.2, 0) is 0 Å². The van der Waals surface area contributed by atoms with Gasteiger partial charge in [-0.25, -0.2) is 0 Å². The molecule has 30 heavy (non-hydrogen) atoms. The summed E-state index contributed by atoms with van der Waals surface area (Å²) < 4.78 is 8.91. The molecule has 0 aliphatic carbocycles. The molecule has 142 valence electrons. The van der Waals surface area contributed by atoms with Crippen molar-refractivity contribution < 1.29 is 4.42 Å². The number of benzene rings is 5. The molecule has 0 fully saturated rings. The predicted octanol–water partition coefficient (Wildman–Crippen LogP) is 8.35. The quantitative estimate of drug-likeness (QED) is 0.189. The first-order chi connectivity index (χ1) is 14.9. The van der Waals surface area contributed by atoms with Crippen LogP contribution in [0.2, 0.25) is 0 Å². The van der Waals surface area contributed by atoms with Gasteiger partial charge in [-0.05, 0) is 33.7 Å². The summed E-state index contributed by atoms with van der Waals surface area (Å²) in [5, 5.41) is 10.3. The lowest BCUT2D eigenvalue weighted by molar-refractivity contribution is 0.656. The second-order valence-corrected chi connectivity index (χ2v) is 7.77. The van der Waals surface area contributed by atoms with Crippen LogP contribution < -0.4 is 0 Å². The Hall–Kier alpha value is -3.78. The molecule has 0 N–H and O–H groups in total. The molecule has 0 atom stereocenters. The molecular weight excluding hydrogens is 366 g/mol. The molecule has 5 aromatic carbocycles. The van der Waals surface area contributed by atoms with Gasteiger partial charge in [-0.2, -0.15) is 0 Å². The van der Waals surface area contributed by atoms with Crippen LogP contribution >= 0.6 is 0 Å². The molecule has 8 aromatic rings. The minimum atomic E-state index is 0.937. The molecule has 0 bridgehead atoms. The molecule has 3 aromatic heterocycles. The highest BCUT2D eigenvalue weighted by Gasteiger charge is 2.22. The number of rotatable bonds is 0. The van der Waals surface area contributed by atoms with Crippen LogP contribution in [-0.4, -0.2) is 4.40 Å². The standard InChI is InChI=1S/C26H13NO.C2H6/c1-4-14-10-12-20-25-22(14)16(6-1)18-8-3-9-19-17-7-2-5-15-11-13-21(28-20)26(23(15)17)27(25)24(18)19;1-2/h1-13H;1-2H3. The summed E-state index contributed by atoms with van der Waals surface area (Å²) in [6, 6.07) is 28.5. The van der Waals surface area contributed by atoms with E-state index in [9.17, 15) is 0 Å². The lowest BCUT2D eigenvalue weighted by atomic mass is 9.93. The first-order valence-electron chi connectivity index (χ1n) is 10.6. The van der Waals surface area contributed by atoms with E-state index in [0.717, 1.165) is 11.2 Å². The van der Waals surface area contributed by atoms with Crippen LogP contribution in [0.25, 0.3) is 70.8 Å². The molecular formula is C28H19NO. The van der Waals surface area contributed by atoms with Gasteiger partial charge < -0.3 is 8.82 Å². The summed E-state index contributed by atoms with van der Waals surface area (Å²) in [6.45, 7) is 4.00. The fourth-order valence-electron chi connectivity index (χ4n) is 5.41. The summed E-state index contributed by atoms with van der Waals surface area (Å²) in [5.74, 6) is 0. The number of para-hydroxylation sites is 1. The Labute approximate surface area is 172 Å². The second-order valence-electron chi connectivity index (χ2n) is 7.77. The van der Waals surface area contributed by atoms with Gasteiger partial charge in [0, 0.05) is 21.5 Å². The number of aromatic nitrogens is 1. The van der Waals surface area contributed by atoms with Gasteiger partial charge in [0.05, 0.1) is 16.6 Å². The zero-order valence-electron chi connectivity index (χ0n) is 16.9. The minimum absolute atomic E-state index is 0.937. The maximum Gasteiger partial charge on any atom is 0.152 e. The third-order valence-electron chi connectivity index (χ3n) is 6.47. The zero-order chi connectivity index (χ0) is 20.0. The van der Waals surface area contributed by atoms with Crippen molar-refractivity contribution in [2.24, 2.45) is 0 Å². The summed E-state index contributed by atoms with van der Waals surface area (Å²) >= 11 is 0. The van der Waals surface area contributed by atoms with Crippen LogP contribution in [0.15, 0.2) is 83.3 Å². The van der Waals surface area contributed by atoms with Gasteiger partial charge in [0.1, 0.15) is 0 Å². The van der Waals surface area contributed by atoms with Crippen LogP contribution in [0.3, 0.4) is 0 Å². The highest BCUT2D eigenvalue weighted by atomic mass is 16.3. The lowest BCUT2D eigenvalue weighted by Crippen LogP contribution is -2.02. The molecule has 0 amide bonds. The van der Waals surface area contributed by atoms with E-state index in [1.165, 1.54) is 59.6 Å². The zero-order valence-corrected chi connectivity index (χ0v) is 16.9. The van der Waals surface area contributed by atoms with Gasteiger partial charge in [-0.3, -0.25) is 0 Å². The van der Waals surface area contributed by atoms with E-state index in [-0.39, 0.29) is 0 Å². The summed E-state index contributed by atoms with van der Waals surface area (Å²) in [6.07, 6.45) is 0. The van der Waals surface area contributed by atoms with Crippen molar-refractivity contribution in [3.05, 3.63) is 78.9 Å². The van der Waals surface area contributed by atoms with Gasteiger partial charge in [0.25, 0.3) is 0 Å². The van der Waals surface area contributed by atoms with E-state index in [1.54, 1.807) is 0 Å². The number of pyridine rings is 2. The lowest BCUT2D eigenvalue weighted by Gasteiger charge is -2.22. The summed E-state index contributed by atoms with van der Waals surface area (Å²) in [7, 11) is 0. The van der Waals surface area contributed by atoms with Crippen molar-refractivity contribution in [2.75, 3.05) is 0 Å². The van der Waals surface area contributed by atoms with Gasteiger partial charge in [0.15, 0.2) is 11.2 Å². The van der Waals surface area contributed by atoms with E-state index in [4.69, 9.17) is 4.42 Å². The van der Waals surface area contributed by atoms with E-state index >= 15 is 0 Å². The molecule has 0 saturated carbocycles. The van der Waals surface area contributed by atoms with Gasteiger partial charge in [-0.15, -0.1) is 0 Å². The van der Waals surface area contributed by atoms with E-state index in [1.807, 2.05) is 13.8 Å². The Bertz CT molecular complexity index is 1740. The average Bonchev–Trinajstić information content (AvgIpc) is 2.82. The fraction of sp³-hybridized carbons (Fsp3) is 0.0714. The van der Waals surface area contributed by atoms with Crippen molar-refractivity contribution in [1.82, 2.24) is 4.40 Å². The average molecular weight is 385 g/mol. The SMILES string of the molecule is CC.c1cc2ccc3oc4ccc5cccc6c7cccc8c(c1)c2c3n(c87)c4c56. The number of hydrogen-bond donors (Lipinski definition) is 0. The Kier molecular flexibility index (Phi) is 2.91. The normalized spacial score (nSPS) is 12.3. The number of nitrogens with zero attached hydrogens (tertiary/aromatic N) is 1. The summed E-state index contributed by atoms with van der Waals surface area (Å²) in [4.78, 5) is 0. The monoisotopic (exact) mass is 385 g/mol. The maximum atomic E-state index is 6.45. The van der Waals surface area contributed by atoms with Crippen LogP contribution in [0.5, 0.6) is 0 Å². The van der Waals surface area contributed by atoms with E-state index < -0.39 is 0 Å². The fourth-order valence-corrected chi connectivity index (χ4v) is 5.41. The van der Waals surface area contributed by atoms with Crippen LogP contribution in [0.4, 0.5) is 0 Å². The summed E-state index contributed by atoms with van der Waals surface area (Å²) in [5.41, 5.74) is 5.52. The molecule has 0 radical (unpaired) electrons. The molecule has 0 spiro atoms. The molecule has 0 unspecified atom stereocenters. The molecule has 2 nitrogen and oxygen atoms in total. The van der Waals surface area contributed by atoms with Crippen molar-refractivity contribution in [3.8, 4) is 0 Å². The van der Waals surface area contributed by atoms with Crippen molar-refractivity contribution in [3.63, 3.8) is 0 Å². The van der Waals surface area contributed by atoms with Gasteiger partial charge >= 0.3 is 0 Å². The van der Waals surface area contributed by atoms with Gasteiger partial charge in [0.2, 0.25) is 0 Å². The minimum Gasteiger partial charge on any atom is -0.453 e. The highest BCUT2D eigenvalue weighted by Crippen LogP contribution is 2.44. The van der Waals surface area contributed by atoms with E-state index in [2.05, 4.69) is 83.3 Å². The number of hydrogen-bond acceptors (Lipinski definition) is 1. The Morgan fingerprint density at radius 3 is 1.50 bits per heavy atom. The predicted molar refractivity (Wildman–Crippen MR) is 128 cm³/mol. The molecule has 2 heteroatoms. The molecule has 0 aliphatic rings. The third-order valence-corrected chi connectivity index (χ3v) is 6.47. The topological polar surface area (TPSA) is 17.6 Å². The molecule has 3 heterocycles. The molecule has 0 saturated heterocycles. The smallest absolute Gasteiger partial charge is 0.152 e. The number of fused-ring (bicyclic) bond motifs is 2.